The summed E-state index contributed by atoms with van der Waals surface area (Å²) in [6, 6.07) is 6.51. The molecule has 0 aromatic heterocycles. The van der Waals surface area contributed by atoms with Gasteiger partial charge >= 0.3 is 0 Å². The number of carbonyl (C=O) groups is 1. The second-order valence-corrected chi connectivity index (χ2v) is 5.07. The van der Waals surface area contributed by atoms with Crippen molar-refractivity contribution in [1.29, 1.82) is 0 Å². The van der Waals surface area contributed by atoms with Crippen LogP contribution in [0, 0.1) is 0 Å². The Morgan fingerprint density at radius 2 is 2.19 bits per heavy atom. The minimum atomic E-state index is -3.56. The Labute approximate surface area is 97.4 Å². The van der Waals surface area contributed by atoms with Crippen LogP contribution in [0.1, 0.15) is 0 Å². The molecule has 0 fully saturated rings. The van der Waals surface area contributed by atoms with Gasteiger partial charge in [0.15, 0.2) is 6.61 Å². The Morgan fingerprint density at radius 1 is 1.50 bits per heavy atom. The number of nitrogens with two attached hydrogens (primary N) is 2. The number of hydrogen-bond donors (Lipinski definition) is 3. The lowest BCUT2D eigenvalue weighted by Gasteiger charge is -2.09. The maximum absolute atomic E-state index is 11.1. The topological polar surface area (TPSA) is 107 Å². The normalized spacial score (nSPS) is 10.9. The second kappa shape index (κ2) is 5.32. The van der Waals surface area contributed by atoms with Crippen LogP contribution in [-0.4, -0.2) is 12.5 Å². The lowest BCUT2D eigenvalue weighted by Crippen LogP contribution is -2.32. The fraction of sp³-hybridized carbons (Fsp3) is 0.125. The van der Waals surface area contributed by atoms with Gasteiger partial charge in [0.1, 0.15) is 5.75 Å². The predicted molar refractivity (Wildman–Crippen MR) is 61.1 cm³/mol. The summed E-state index contributed by atoms with van der Waals surface area (Å²) in [5.41, 5.74) is 9.91. The van der Waals surface area contributed by atoms with Crippen molar-refractivity contribution in [3.63, 3.8) is 0 Å². The number of benzene rings is 1. The molecule has 1 aromatic rings. The number of amides is 1. The van der Waals surface area contributed by atoms with Crippen molar-refractivity contribution in [3.8, 4) is 5.75 Å². The van der Waals surface area contributed by atoms with Crippen LogP contribution in [0.4, 0.5) is 0 Å². The van der Waals surface area contributed by atoms with Gasteiger partial charge in [0, 0.05) is 5.02 Å². The fourth-order valence-corrected chi connectivity index (χ4v) is 1.57. The summed E-state index contributed by atoms with van der Waals surface area (Å²) >= 11 is 5.70. The number of rotatable bonds is 4. The molecule has 0 unspecified atom stereocenters. The predicted octanol–water partition coefficient (Wildman–Crippen LogP) is 0.861. The van der Waals surface area contributed by atoms with E-state index >= 15 is 0 Å². The molecule has 1 amide bonds. The molecule has 88 valence electrons. The third kappa shape index (κ3) is 5.14. The summed E-state index contributed by atoms with van der Waals surface area (Å²) in [6.45, 7) is -0.335. The van der Waals surface area contributed by atoms with Crippen LogP contribution in [0.2, 0.25) is 5.02 Å². The van der Waals surface area contributed by atoms with Crippen molar-refractivity contribution < 1.29 is 14.1 Å². The summed E-state index contributed by atoms with van der Waals surface area (Å²) in [6.07, 6.45) is 0. The van der Waals surface area contributed by atoms with Crippen LogP contribution in [0.5, 0.6) is 5.75 Å². The van der Waals surface area contributed by atoms with Gasteiger partial charge in [0.25, 0.3) is 13.5 Å². The fourth-order valence-electron chi connectivity index (χ4n) is 0.933. The molecule has 0 aliphatic rings. The van der Waals surface area contributed by atoms with Crippen LogP contribution in [0.3, 0.4) is 0 Å². The van der Waals surface area contributed by atoms with E-state index in [0.29, 0.717) is 10.8 Å². The Bertz CT molecular complexity index is 434. The zero-order valence-electron chi connectivity index (χ0n) is 8.22. The number of carbonyl (C=O) groups excluding carboxylic acids is 1. The summed E-state index contributed by atoms with van der Waals surface area (Å²) in [4.78, 5) is 11.1. The minimum Gasteiger partial charge on any atom is -0.484 e. The van der Waals surface area contributed by atoms with E-state index < -0.39 is 13.5 Å². The first-order valence-electron chi connectivity index (χ1n) is 4.23. The standard InChI is InChI=1S/C8H11ClN3O3P/c9-6-2-1-3-7(4-6)15-5-8(13)12-16(10,11)14/h1-4H,5H2,(H5,10,11,12,13,14). The molecule has 8 heteroatoms. The molecule has 5 N–H and O–H groups in total. The zero-order valence-corrected chi connectivity index (χ0v) is 9.87. The first-order valence-corrected chi connectivity index (χ1v) is 6.46. The van der Waals surface area contributed by atoms with Crippen LogP contribution in [-0.2, 0) is 9.36 Å². The molecule has 0 aliphatic heterocycles. The van der Waals surface area contributed by atoms with Crippen LogP contribution in [0.25, 0.3) is 0 Å². The molecule has 0 radical (unpaired) electrons. The van der Waals surface area contributed by atoms with Gasteiger partial charge in [0.2, 0.25) is 0 Å². The quantitative estimate of drug-likeness (QED) is 0.698. The highest BCUT2D eigenvalue weighted by molar-refractivity contribution is 7.57. The highest BCUT2D eigenvalue weighted by atomic mass is 35.5. The van der Waals surface area contributed by atoms with Crippen molar-refractivity contribution in [1.82, 2.24) is 5.09 Å². The molecule has 0 aliphatic carbocycles. The average molecular weight is 264 g/mol. The van der Waals surface area contributed by atoms with Gasteiger partial charge in [-0.25, -0.2) is 0 Å². The van der Waals surface area contributed by atoms with Gasteiger partial charge < -0.3 is 4.74 Å². The van der Waals surface area contributed by atoms with Crippen LogP contribution >= 0.6 is 19.2 Å². The molecule has 0 bridgehead atoms. The average Bonchev–Trinajstić information content (AvgIpc) is 2.12. The van der Waals surface area contributed by atoms with Gasteiger partial charge in [-0.1, -0.05) is 17.7 Å². The van der Waals surface area contributed by atoms with Crippen molar-refractivity contribution in [2.45, 2.75) is 0 Å². The first-order chi connectivity index (χ1) is 7.37. The van der Waals surface area contributed by atoms with Gasteiger partial charge in [-0.3, -0.25) is 25.5 Å². The summed E-state index contributed by atoms with van der Waals surface area (Å²) in [7, 11) is -3.56. The largest absolute Gasteiger partial charge is 0.484 e. The maximum atomic E-state index is 11.1. The number of nitrogens with one attached hydrogen (secondary N) is 1. The Morgan fingerprint density at radius 3 is 2.75 bits per heavy atom. The van der Waals surface area contributed by atoms with Gasteiger partial charge in [-0.05, 0) is 18.2 Å². The van der Waals surface area contributed by atoms with E-state index in [1.807, 2.05) is 5.09 Å². The molecule has 1 aromatic carbocycles. The first kappa shape index (κ1) is 13.0. The van der Waals surface area contributed by atoms with E-state index in [0.717, 1.165) is 0 Å². The van der Waals surface area contributed by atoms with Gasteiger partial charge in [-0.15, -0.1) is 0 Å². The molecule has 0 heterocycles. The van der Waals surface area contributed by atoms with E-state index in [2.05, 4.69) is 0 Å². The lowest BCUT2D eigenvalue weighted by molar-refractivity contribution is -0.121. The SMILES string of the molecule is NP(N)(=O)NC(=O)COc1cccc(Cl)c1. The highest BCUT2D eigenvalue weighted by Gasteiger charge is 2.13. The number of halogens is 1. The Hall–Kier alpha value is -1.07. The number of ether oxygens (including phenoxy) is 1. The van der Waals surface area contributed by atoms with E-state index in [1.165, 1.54) is 0 Å². The summed E-state index contributed by atoms with van der Waals surface area (Å²) in [5, 5.41) is 2.41. The highest BCUT2D eigenvalue weighted by Crippen LogP contribution is 2.18. The molecule has 6 nitrogen and oxygen atoms in total. The van der Waals surface area contributed by atoms with Crippen molar-refractivity contribution in [2.24, 2.45) is 11.0 Å². The van der Waals surface area contributed by atoms with Crippen LogP contribution in [0.15, 0.2) is 24.3 Å². The van der Waals surface area contributed by atoms with E-state index in [-0.39, 0.29) is 6.61 Å². The molecule has 16 heavy (non-hydrogen) atoms. The minimum absolute atomic E-state index is 0.335. The van der Waals surface area contributed by atoms with Gasteiger partial charge in [-0.2, -0.15) is 0 Å². The van der Waals surface area contributed by atoms with Gasteiger partial charge in [0.05, 0.1) is 0 Å². The van der Waals surface area contributed by atoms with Crippen molar-refractivity contribution in [3.05, 3.63) is 29.3 Å². The molecule has 0 spiro atoms. The van der Waals surface area contributed by atoms with Crippen molar-refractivity contribution in [2.75, 3.05) is 6.61 Å². The summed E-state index contributed by atoms with van der Waals surface area (Å²) < 4.78 is 15.9. The van der Waals surface area contributed by atoms with E-state index in [9.17, 15) is 9.36 Å². The zero-order chi connectivity index (χ0) is 12.2. The lowest BCUT2D eigenvalue weighted by atomic mass is 10.3. The maximum Gasteiger partial charge on any atom is 0.300 e. The third-order valence-corrected chi connectivity index (χ3v) is 2.30. The molecule has 0 saturated carbocycles. The smallest absolute Gasteiger partial charge is 0.300 e. The molecular weight excluding hydrogens is 253 g/mol. The van der Waals surface area contributed by atoms with Crippen LogP contribution < -0.4 is 20.8 Å². The monoisotopic (exact) mass is 263 g/mol. The molecule has 1 rings (SSSR count). The second-order valence-electron chi connectivity index (χ2n) is 2.99. The number of hydrogen-bond acceptors (Lipinski definition) is 3. The summed E-state index contributed by atoms with van der Waals surface area (Å²) in [5.74, 6) is -0.236. The molecular formula is C8H11ClN3O3P. The Kier molecular flexibility index (Phi) is 4.32. The van der Waals surface area contributed by atoms with E-state index in [4.69, 9.17) is 27.3 Å². The third-order valence-electron chi connectivity index (χ3n) is 1.47. The van der Waals surface area contributed by atoms with E-state index in [1.54, 1.807) is 24.3 Å². The molecule has 0 saturated heterocycles. The molecule has 0 atom stereocenters. The Balaban J connectivity index is 2.46. The van der Waals surface area contributed by atoms with Crippen molar-refractivity contribution >= 4 is 25.1 Å².